The molecule has 0 spiro atoms. The second-order valence-electron chi connectivity index (χ2n) is 4.47. The Balaban J connectivity index is 3.83. The summed E-state index contributed by atoms with van der Waals surface area (Å²) in [5, 5.41) is 36.8. The molecule has 86 valence electrons. The van der Waals surface area contributed by atoms with Crippen LogP contribution < -0.4 is 0 Å². The standard InChI is InChI=1S/C10H22O4/c1-7(8(12)6-11)4-5-9(13)10(2,3)14/h7-9,11-14H,4-6H2,1-3H3/t7-,8-,9+/m1/s1. The summed E-state index contributed by atoms with van der Waals surface area (Å²) < 4.78 is 0. The van der Waals surface area contributed by atoms with Crippen LogP contribution in [0, 0.1) is 5.92 Å². The number of aliphatic hydroxyl groups is 4. The molecule has 0 aliphatic rings. The van der Waals surface area contributed by atoms with Crippen molar-refractivity contribution in [3.8, 4) is 0 Å². The highest BCUT2D eigenvalue weighted by Gasteiger charge is 2.25. The van der Waals surface area contributed by atoms with Crippen LogP contribution in [0.3, 0.4) is 0 Å². The molecule has 4 heteroatoms. The first-order valence-electron chi connectivity index (χ1n) is 4.98. The van der Waals surface area contributed by atoms with E-state index in [-0.39, 0.29) is 12.5 Å². The first kappa shape index (κ1) is 13.8. The van der Waals surface area contributed by atoms with E-state index in [1.165, 1.54) is 0 Å². The molecule has 0 heterocycles. The topological polar surface area (TPSA) is 80.9 Å². The molecule has 0 bridgehead atoms. The van der Waals surface area contributed by atoms with Crippen molar-refractivity contribution in [2.45, 2.75) is 51.4 Å². The van der Waals surface area contributed by atoms with Crippen molar-refractivity contribution in [3.05, 3.63) is 0 Å². The maximum Gasteiger partial charge on any atom is 0.0849 e. The molecule has 0 saturated heterocycles. The van der Waals surface area contributed by atoms with E-state index in [1.54, 1.807) is 20.8 Å². The zero-order chi connectivity index (χ0) is 11.4. The Morgan fingerprint density at radius 2 is 1.64 bits per heavy atom. The predicted octanol–water partition coefficient (Wildman–Crippen LogP) is -0.112. The molecule has 0 radical (unpaired) electrons. The summed E-state index contributed by atoms with van der Waals surface area (Å²) in [5.74, 6) is -0.0722. The third-order valence-electron chi connectivity index (χ3n) is 2.55. The Kier molecular flexibility index (Phi) is 5.59. The Labute approximate surface area is 85.2 Å². The highest BCUT2D eigenvalue weighted by atomic mass is 16.3. The molecule has 0 aromatic carbocycles. The molecule has 0 aliphatic carbocycles. The van der Waals surface area contributed by atoms with Gasteiger partial charge in [0.1, 0.15) is 0 Å². The lowest BCUT2D eigenvalue weighted by atomic mass is 9.92. The molecule has 0 saturated carbocycles. The van der Waals surface area contributed by atoms with Crippen molar-refractivity contribution < 1.29 is 20.4 Å². The Hall–Kier alpha value is -0.160. The average Bonchev–Trinajstić information content (AvgIpc) is 2.10. The summed E-state index contributed by atoms with van der Waals surface area (Å²) in [5.41, 5.74) is -1.11. The summed E-state index contributed by atoms with van der Waals surface area (Å²) in [6.45, 7) is 4.63. The monoisotopic (exact) mass is 206 g/mol. The molecule has 0 rings (SSSR count). The van der Waals surface area contributed by atoms with Crippen LogP contribution in [0.5, 0.6) is 0 Å². The minimum atomic E-state index is -1.11. The van der Waals surface area contributed by atoms with Crippen LogP contribution in [0.25, 0.3) is 0 Å². The fourth-order valence-electron chi connectivity index (χ4n) is 1.15. The lowest BCUT2D eigenvalue weighted by Gasteiger charge is -2.26. The van der Waals surface area contributed by atoms with Crippen molar-refractivity contribution in [2.24, 2.45) is 5.92 Å². The summed E-state index contributed by atoms with van der Waals surface area (Å²) >= 11 is 0. The first-order chi connectivity index (χ1) is 6.29. The van der Waals surface area contributed by atoms with Gasteiger partial charge >= 0.3 is 0 Å². The molecule has 3 atom stereocenters. The van der Waals surface area contributed by atoms with Gasteiger partial charge in [-0.05, 0) is 32.6 Å². The molecule has 0 amide bonds. The third-order valence-corrected chi connectivity index (χ3v) is 2.55. The molecule has 0 unspecified atom stereocenters. The van der Waals surface area contributed by atoms with E-state index in [1.807, 2.05) is 0 Å². The lowest BCUT2D eigenvalue weighted by molar-refractivity contribution is -0.0566. The summed E-state index contributed by atoms with van der Waals surface area (Å²) in [6.07, 6.45) is -0.547. The number of aliphatic hydroxyl groups excluding tert-OH is 3. The van der Waals surface area contributed by atoms with Gasteiger partial charge in [-0.15, -0.1) is 0 Å². The van der Waals surface area contributed by atoms with E-state index in [0.29, 0.717) is 12.8 Å². The van der Waals surface area contributed by atoms with E-state index >= 15 is 0 Å². The Morgan fingerprint density at radius 3 is 2.00 bits per heavy atom. The van der Waals surface area contributed by atoms with Crippen LogP contribution in [0.1, 0.15) is 33.6 Å². The predicted molar refractivity (Wildman–Crippen MR) is 53.8 cm³/mol. The smallest absolute Gasteiger partial charge is 0.0849 e. The lowest BCUT2D eigenvalue weighted by Crippen LogP contribution is -2.36. The highest BCUT2D eigenvalue weighted by molar-refractivity contribution is 4.77. The fraction of sp³-hybridized carbons (Fsp3) is 1.00. The summed E-state index contributed by atoms with van der Waals surface area (Å²) in [6, 6.07) is 0. The van der Waals surface area contributed by atoms with E-state index in [0.717, 1.165) is 0 Å². The van der Waals surface area contributed by atoms with Crippen LogP contribution in [0.15, 0.2) is 0 Å². The van der Waals surface area contributed by atoms with E-state index in [9.17, 15) is 15.3 Å². The van der Waals surface area contributed by atoms with Crippen LogP contribution in [0.4, 0.5) is 0 Å². The van der Waals surface area contributed by atoms with Gasteiger partial charge in [-0.1, -0.05) is 6.92 Å². The van der Waals surface area contributed by atoms with Crippen LogP contribution >= 0.6 is 0 Å². The maximum absolute atomic E-state index is 9.49. The average molecular weight is 206 g/mol. The van der Waals surface area contributed by atoms with Crippen molar-refractivity contribution in [1.82, 2.24) is 0 Å². The van der Waals surface area contributed by atoms with E-state index < -0.39 is 17.8 Å². The SMILES string of the molecule is C[C@H](CC[C@H](O)C(C)(C)O)[C@H](O)CO. The van der Waals surface area contributed by atoms with Gasteiger partial charge < -0.3 is 20.4 Å². The largest absolute Gasteiger partial charge is 0.394 e. The van der Waals surface area contributed by atoms with Gasteiger partial charge in [-0.3, -0.25) is 0 Å². The molecule has 0 aliphatic heterocycles. The van der Waals surface area contributed by atoms with Gasteiger partial charge in [0.05, 0.1) is 24.4 Å². The second kappa shape index (κ2) is 5.66. The minimum Gasteiger partial charge on any atom is -0.394 e. The fourth-order valence-corrected chi connectivity index (χ4v) is 1.15. The molecule has 14 heavy (non-hydrogen) atoms. The first-order valence-corrected chi connectivity index (χ1v) is 4.98. The van der Waals surface area contributed by atoms with Gasteiger partial charge in [0.25, 0.3) is 0 Å². The maximum atomic E-state index is 9.49. The number of rotatable bonds is 6. The van der Waals surface area contributed by atoms with Crippen LogP contribution in [0.2, 0.25) is 0 Å². The van der Waals surface area contributed by atoms with Crippen molar-refractivity contribution in [2.75, 3.05) is 6.61 Å². The van der Waals surface area contributed by atoms with Gasteiger partial charge in [0.2, 0.25) is 0 Å². The molecule has 4 N–H and O–H groups in total. The number of hydrogen-bond acceptors (Lipinski definition) is 4. The van der Waals surface area contributed by atoms with E-state index in [2.05, 4.69) is 0 Å². The molecule has 0 aromatic heterocycles. The minimum absolute atomic E-state index is 0.0722. The number of hydrogen-bond donors (Lipinski definition) is 4. The quantitative estimate of drug-likeness (QED) is 0.489. The van der Waals surface area contributed by atoms with Crippen molar-refractivity contribution in [1.29, 1.82) is 0 Å². The molecule has 0 aromatic rings. The summed E-state index contributed by atoms with van der Waals surface area (Å²) in [4.78, 5) is 0. The zero-order valence-corrected chi connectivity index (χ0v) is 9.14. The van der Waals surface area contributed by atoms with E-state index in [4.69, 9.17) is 5.11 Å². The molecular formula is C10H22O4. The molecule has 0 fully saturated rings. The zero-order valence-electron chi connectivity index (χ0n) is 9.14. The van der Waals surface area contributed by atoms with Gasteiger partial charge in [0, 0.05) is 0 Å². The van der Waals surface area contributed by atoms with Gasteiger partial charge in [0.15, 0.2) is 0 Å². The van der Waals surface area contributed by atoms with Gasteiger partial charge in [-0.25, -0.2) is 0 Å². The molecule has 4 nitrogen and oxygen atoms in total. The van der Waals surface area contributed by atoms with Crippen LogP contribution in [-0.2, 0) is 0 Å². The summed E-state index contributed by atoms with van der Waals surface area (Å²) in [7, 11) is 0. The Bertz CT molecular complexity index is 153. The Morgan fingerprint density at radius 1 is 1.14 bits per heavy atom. The van der Waals surface area contributed by atoms with Crippen molar-refractivity contribution in [3.63, 3.8) is 0 Å². The highest BCUT2D eigenvalue weighted by Crippen LogP contribution is 2.18. The normalized spacial score (nSPS) is 19.1. The van der Waals surface area contributed by atoms with Crippen LogP contribution in [-0.4, -0.2) is 44.8 Å². The third kappa shape index (κ3) is 4.91. The van der Waals surface area contributed by atoms with Gasteiger partial charge in [-0.2, -0.15) is 0 Å². The second-order valence-corrected chi connectivity index (χ2v) is 4.47. The molecular weight excluding hydrogens is 184 g/mol. The van der Waals surface area contributed by atoms with Crippen molar-refractivity contribution >= 4 is 0 Å².